The van der Waals surface area contributed by atoms with Gasteiger partial charge in [0.25, 0.3) is 0 Å². The van der Waals surface area contributed by atoms with E-state index in [4.69, 9.17) is 15.9 Å². The lowest BCUT2D eigenvalue weighted by atomic mass is 10.1. The van der Waals surface area contributed by atoms with Crippen LogP contribution in [0.3, 0.4) is 0 Å². The molecule has 10 nitrogen and oxygen atoms in total. The highest BCUT2D eigenvalue weighted by Gasteiger charge is 2.40. The summed E-state index contributed by atoms with van der Waals surface area (Å²) in [5.74, 6) is 1.34. The molecular formula is C30H32N6O4S2. The van der Waals surface area contributed by atoms with Crippen LogP contribution in [0.4, 0.5) is 0 Å². The number of thiazole rings is 1. The van der Waals surface area contributed by atoms with Crippen molar-refractivity contribution in [2.45, 2.75) is 24.9 Å². The fourth-order valence-electron chi connectivity index (χ4n) is 4.37. The van der Waals surface area contributed by atoms with Gasteiger partial charge in [0, 0.05) is 45.4 Å². The summed E-state index contributed by atoms with van der Waals surface area (Å²) >= 11 is 2.99. The van der Waals surface area contributed by atoms with Crippen LogP contribution >= 0.6 is 22.7 Å². The minimum atomic E-state index is -0.507. The molecule has 0 saturated carbocycles. The summed E-state index contributed by atoms with van der Waals surface area (Å²) in [5, 5.41) is 17.9. The molecule has 12 heteroatoms. The van der Waals surface area contributed by atoms with E-state index in [-0.39, 0.29) is 30.1 Å². The molecule has 0 radical (unpaired) electrons. The van der Waals surface area contributed by atoms with Crippen LogP contribution in [0.1, 0.15) is 38.1 Å². The van der Waals surface area contributed by atoms with Crippen LogP contribution in [0.25, 0.3) is 0 Å². The summed E-state index contributed by atoms with van der Waals surface area (Å²) in [6.45, 7) is 1.05. The molecule has 218 valence electrons. The van der Waals surface area contributed by atoms with E-state index < -0.39 is 6.04 Å². The first-order valence-corrected chi connectivity index (χ1v) is 14.9. The molecule has 1 aliphatic heterocycles. The van der Waals surface area contributed by atoms with Gasteiger partial charge < -0.3 is 26.0 Å². The molecular weight excluding hydrogens is 573 g/mol. The van der Waals surface area contributed by atoms with Crippen LogP contribution < -0.4 is 21.1 Å². The number of rotatable bonds is 10. The average molecular weight is 605 g/mol. The number of nitrogen functional groups attached to an aromatic ring is 1. The number of carbonyl (C=O) groups is 3. The first kappa shape index (κ1) is 30.6. The summed E-state index contributed by atoms with van der Waals surface area (Å²) in [5.41, 5.74) is 6.77. The molecule has 3 heterocycles. The Hall–Kier alpha value is -4.39. The van der Waals surface area contributed by atoms with Gasteiger partial charge in [-0.25, -0.2) is 4.98 Å². The number of aldehydes is 1. The Kier molecular flexibility index (Phi) is 10.9. The standard InChI is InChI=1S/C17H22N6O2S2.C13H10O2/c1-20-7-14(24)23-8-10(17-21-2-3-26-17)5-13(23)16(25)22-6-12-4-11(9-27-12)15(18)19;14-10-11-6-8-13(9-7-11)15-12-4-2-1-3-5-12/h2-4,9-10,13,20H,5-8H2,1H3,(H3,18,19)(H,22,25);1-10H/t10-,13?;/m1./s1. The quantitative estimate of drug-likeness (QED) is 0.121. The number of likely N-dealkylation sites (N-methyl/N-ethyl adjacent to an activating group) is 1. The molecule has 42 heavy (non-hydrogen) atoms. The zero-order chi connectivity index (χ0) is 29.9. The van der Waals surface area contributed by atoms with E-state index >= 15 is 0 Å². The number of thiophene rings is 1. The molecule has 1 unspecified atom stereocenters. The number of hydrogen-bond acceptors (Lipinski definition) is 9. The Morgan fingerprint density at radius 1 is 1.14 bits per heavy atom. The summed E-state index contributed by atoms with van der Waals surface area (Å²) < 4.78 is 5.56. The largest absolute Gasteiger partial charge is 0.457 e. The molecule has 1 fully saturated rings. The number of ether oxygens (including phenoxy) is 1. The maximum Gasteiger partial charge on any atom is 0.243 e. The summed E-state index contributed by atoms with van der Waals surface area (Å²) in [6.07, 6.45) is 3.13. The number of benzene rings is 2. The molecule has 0 spiro atoms. The fourth-order valence-corrected chi connectivity index (χ4v) is 5.94. The summed E-state index contributed by atoms with van der Waals surface area (Å²) in [7, 11) is 1.71. The van der Waals surface area contributed by atoms with Crippen LogP contribution in [-0.4, -0.2) is 60.0 Å². The average Bonchev–Trinajstić information content (AvgIpc) is 3.78. The molecule has 2 amide bonds. The lowest BCUT2D eigenvalue weighted by molar-refractivity contribution is -0.137. The summed E-state index contributed by atoms with van der Waals surface area (Å²) in [4.78, 5) is 42.6. The van der Waals surface area contributed by atoms with E-state index in [9.17, 15) is 14.4 Å². The number of aromatic nitrogens is 1. The summed E-state index contributed by atoms with van der Waals surface area (Å²) in [6, 6.07) is 17.8. The zero-order valence-corrected chi connectivity index (χ0v) is 24.6. The number of amidine groups is 1. The van der Waals surface area contributed by atoms with Crippen molar-refractivity contribution in [2.24, 2.45) is 5.73 Å². The number of carbonyl (C=O) groups excluding carboxylic acids is 3. The Labute approximate surface area is 252 Å². The van der Waals surface area contributed by atoms with Gasteiger partial charge in [-0.2, -0.15) is 0 Å². The van der Waals surface area contributed by atoms with Crippen molar-refractivity contribution in [3.05, 3.63) is 98.6 Å². The highest BCUT2D eigenvalue weighted by Crippen LogP contribution is 2.33. The van der Waals surface area contributed by atoms with E-state index in [1.54, 1.807) is 65.2 Å². The Morgan fingerprint density at radius 2 is 1.88 bits per heavy atom. The van der Waals surface area contributed by atoms with Gasteiger partial charge in [0.1, 0.15) is 29.7 Å². The third kappa shape index (κ3) is 8.32. The van der Waals surface area contributed by atoms with Gasteiger partial charge in [0.15, 0.2) is 0 Å². The maximum atomic E-state index is 12.8. The molecule has 4 aromatic rings. The van der Waals surface area contributed by atoms with E-state index in [1.165, 1.54) is 11.3 Å². The molecule has 5 N–H and O–H groups in total. The molecule has 1 saturated heterocycles. The highest BCUT2D eigenvalue weighted by atomic mass is 32.1. The number of hydrogen-bond donors (Lipinski definition) is 4. The van der Waals surface area contributed by atoms with Gasteiger partial charge in [0.2, 0.25) is 11.8 Å². The number of para-hydroxylation sites is 1. The monoisotopic (exact) mass is 604 g/mol. The molecule has 0 aliphatic carbocycles. The SMILES string of the molecule is CNCC(=O)N1C[C@H](c2nccs2)CC1C(=O)NCc1cc(C(=N)N)cs1.O=Cc1ccc(Oc2ccccc2)cc1. The van der Waals surface area contributed by atoms with Crippen LogP contribution in [0.5, 0.6) is 11.5 Å². The highest BCUT2D eigenvalue weighted by molar-refractivity contribution is 7.10. The van der Waals surface area contributed by atoms with Crippen LogP contribution in [0.2, 0.25) is 0 Å². The molecule has 2 atom stereocenters. The Morgan fingerprint density at radius 3 is 2.50 bits per heavy atom. The van der Waals surface area contributed by atoms with Gasteiger partial charge in [-0.1, -0.05) is 18.2 Å². The van der Waals surface area contributed by atoms with Crippen LogP contribution in [-0.2, 0) is 16.1 Å². The second kappa shape index (κ2) is 15.0. The number of nitrogens with one attached hydrogen (secondary N) is 3. The van der Waals surface area contributed by atoms with Gasteiger partial charge in [-0.3, -0.25) is 19.8 Å². The number of nitrogens with two attached hydrogens (primary N) is 1. The minimum Gasteiger partial charge on any atom is -0.457 e. The fraction of sp³-hybridized carbons (Fsp3) is 0.233. The molecule has 1 aliphatic rings. The van der Waals surface area contributed by atoms with E-state index in [2.05, 4.69) is 15.6 Å². The minimum absolute atomic E-state index is 0.00902. The van der Waals surface area contributed by atoms with Gasteiger partial charge in [-0.15, -0.1) is 22.7 Å². The second-order valence-corrected chi connectivity index (χ2v) is 11.4. The predicted octanol–water partition coefficient (Wildman–Crippen LogP) is 4.00. The normalized spacial score (nSPS) is 15.8. The lowest BCUT2D eigenvalue weighted by Crippen LogP contribution is -2.47. The van der Waals surface area contributed by atoms with Crippen molar-refractivity contribution >= 4 is 46.6 Å². The van der Waals surface area contributed by atoms with Crippen molar-refractivity contribution in [3.8, 4) is 11.5 Å². The van der Waals surface area contributed by atoms with Crippen molar-refractivity contribution in [3.63, 3.8) is 0 Å². The van der Waals surface area contributed by atoms with Gasteiger partial charge in [0.05, 0.1) is 18.1 Å². The van der Waals surface area contributed by atoms with E-state index in [0.29, 0.717) is 30.6 Å². The maximum absolute atomic E-state index is 12.8. The predicted molar refractivity (Wildman–Crippen MR) is 164 cm³/mol. The van der Waals surface area contributed by atoms with Crippen LogP contribution in [0.15, 0.2) is 77.6 Å². The Balaban J connectivity index is 0.000000227. The van der Waals surface area contributed by atoms with E-state index in [0.717, 1.165) is 27.7 Å². The van der Waals surface area contributed by atoms with Crippen LogP contribution in [0, 0.1) is 5.41 Å². The number of amides is 2. The molecule has 5 rings (SSSR count). The number of likely N-dealkylation sites (tertiary alicyclic amines) is 1. The molecule has 0 bridgehead atoms. The third-order valence-electron chi connectivity index (χ3n) is 6.45. The topological polar surface area (TPSA) is 150 Å². The zero-order valence-electron chi connectivity index (χ0n) is 23.0. The smallest absolute Gasteiger partial charge is 0.243 e. The number of nitrogens with zero attached hydrogens (tertiary/aromatic N) is 2. The Bertz CT molecular complexity index is 1480. The van der Waals surface area contributed by atoms with Crippen molar-refractivity contribution in [2.75, 3.05) is 20.1 Å². The second-order valence-electron chi connectivity index (χ2n) is 9.43. The van der Waals surface area contributed by atoms with Crippen molar-refractivity contribution in [1.29, 1.82) is 5.41 Å². The van der Waals surface area contributed by atoms with Gasteiger partial charge in [-0.05, 0) is 55.9 Å². The first-order valence-electron chi connectivity index (χ1n) is 13.2. The lowest BCUT2D eigenvalue weighted by Gasteiger charge is -2.23. The molecule has 2 aromatic carbocycles. The van der Waals surface area contributed by atoms with Gasteiger partial charge >= 0.3 is 0 Å². The van der Waals surface area contributed by atoms with Crippen molar-refractivity contribution < 1.29 is 19.1 Å². The first-order chi connectivity index (χ1) is 20.4. The van der Waals surface area contributed by atoms with E-state index in [1.807, 2.05) is 35.7 Å². The van der Waals surface area contributed by atoms with Crippen molar-refractivity contribution in [1.82, 2.24) is 20.5 Å². The molecule has 2 aromatic heterocycles. The third-order valence-corrected chi connectivity index (χ3v) is 8.32.